The molecular formula is C26H38O3. The van der Waals surface area contributed by atoms with Crippen molar-refractivity contribution in [3.63, 3.8) is 0 Å². The highest BCUT2D eigenvalue weighted by atomic mass is 16.3. The van der Waals surface area contributed by atoms with Gasteiger partial charge in [0.2, 0.25) is 0 Å². The molecule has 2 rings (SSSR count). The first-order chi connectivity index (χ1) is 13.7. The molecule has 1 fully saturated rings. The average Bonchev–Trinajstić information content (AvgIpc) is 2.66. The van der Waals surface area contributed by atoms with Crippen LogP contribution >= 0.6 is 0 Å². The zero-order valence-corrected chi connectivity index (χ0v) is 18.3. The van der Waals surface area contributed by atoms with Crippen LogP contribution in [0, 0.1) is 5.92 Å². The van der Waals surface area contributed by atoms with Gasteiger partial charge in [-0.3, -0.25) is 0 Å². The number of hydrogen-bond donors (Lipinski definition) is 3. The molecular weight excluding hydrogens is 360 g/mol. The topological polar surface area (TPSA) is 60.7 Å². The van der Waals surface area contributed by atoms with Crippen LogP contribution in [-0.4, -0.2) is 27.5 Å². The van der Waals surface area contributed by atoms with Crippen LogP contribution in [0.4, 0.5) is 0 Å². The van der Waals surface area contributed by atoms with E-state index in [1.807, 2.05) is 38.1 Å². The Morgan fingerprint density at radius 2 is 1.79 bits per heavy atom. The van der Waals surface area contributed by atoms with E-state index in [0.29, 0.717) is 24.3 Å². The molecule has 0 aromatic heterocycles. The van der Waals surface area contributed by atoms with E-state index in [4.69, 9.17) is 0 Å². The number of allylic oxidation sites excluding steroid dienone is 3. The van der Waals surface area contributed by atoms with E-state index in [1.165, 1.54) is 12.0 Å². The third-order valence-corrected chi connectivity index (χ3v) is 5.89. The maximum Gasteiger partial charge on any atom is 0.0843 e. The van der Waals surface area contributed by atoms with E-state index >= 15 is 0 Å². The van der Waals surface area contributed by atoms with Crippen LogP contribution in [0.15, 0.2) is 60.2 Å². The Bertz CT molecular complexity index is 708. The number of unbranched alkanes of at least 4 members (excludes halogenated alkanes) is 1. The van der Waals surface area contributed by atoms with Gasteiger partial charge < -0.3 is 15.3 Å². The first kappa shape index (κ1) is 23.6. The fourth-order valence-corrected chi connectivity index (χ4v) is 3.97. The van der Waals surface area contributed by atoms with E-state index in [1.54, 1.807) is 0 Å². The Labute approximate surface area is 176 Å². The van der Waals surface area contributed by atoms with Crippen molar-refractivity contribution in [2.75, 3.05) is 0 Å². The molecule has 0 heterocycles. The van der Waals surface area contributed by atoms with Gasteiger partial charge >= 0.3 is 0 Å². The second-order valence-corrected chi connectivity index (χ2v) is 9.06. The van der Waals surface area contributed by atoms with Crippen LogP contribution in [0.3, 0.4) is 0 Å². The monoisotopic (exact) mass is 398 g/mol. The third kappa shape index (κ3) is 7.58. The first-order valence-corrected chi connectivity index (χ1v) is 10.9. The van der Waals surface area contributed by atoms with Gasteiger partial charge in [-0.15, -0.1) is 0 Å². The molecule has 0 saturated heterocycles. The summed E-state index contributed by atoms with van der Waals surface area (Å²) in [5.41, 5.74) is 3.09. The van der Waals surface area contributed by atoms with Gasteiger partial charge in [0.1, 0.15) is 0 Å². The number of aliphatic hydroxyl groups excluding tert-OH is 2. The van der Waals surface area contributed by atoms with Crippen LogP contribution in [0.5, 0.6) is 0 Å². The van der Waals surface area contributed by atoms with Crippen LogP contribution in [0.25, 0.3) is 0 Å². The molecule has 3 atom stereocenters. The molecule has 1 aliphatic rings. The SMILES string of the molecule is C=C1[C@H](O)CC(=CC=CCCCC(C)CCc2ccccc2C(C)(C)O)C[C@@H]1O. The Morgan fingerprint density at radius 3 is 2.45 bits per heavy atom. The maximum absolute atomic E-state index is 10.4. The largest absolute Gasteiger partial charge is 0.388 e. The Morgan fingerprint density at radius 1 is 1.14 bits per heavy atom. The van der Waals surface area contributed by atoms with Crippen molar-refractivity contribution in [1.82, 2.24) is 0 Å². The summed E-state index contributed by atoms with van der Waals surface area (Å²) in [5, 5.41) is 30.1. The molecule has 0 bridgehead atoms. The number of aliphatic hydroxyl groups is 3. The smallest absolute Gasteiger partial charge is 0.0843 e. The average molecular weight is 399 g/mol. The molecule has 0 radical (unpaired) electrons. The molecule has 1 aromatic rings. The second kappa shape index (κ2) is 10.9. The first-order valence-electron chi connectivity index (χ1n) is 10.9. The molecule has 3 heteroatoms. The van der Waals surface area contributed by atoms with Crippen molar-refractivity contribution in [1.29, 1.82) is 0 Å². The van der Waals surface area contributed by atoms with E-state index in [9.17, 15) is 15.3 Å². The Balaban J connectivity index is 1.70. The number of aryl methyl sites for hydroxylation is 1. The van der Waals surface area contributed by atoms with Gasteiger partial charge in [-0.05, 0) is 75.0 Å². The molecule has 160 valence electrons. The van der Waals surface area contributed by atoms with E-state index in [2.05, 4.69) is 31.7 Å². The molecule has 0 aliphatic heterocycles. The molecule has 0 spiro atoms. The highest BCUT2D eigenvalue weighted by Gasteiger charge is 2.25. The normalized spacial score (nSPS) is 23.1. The third-order valence-electron chi connectivity index (χ3n) is 5.89. The van der Waals surface area contributed by atoms with Crippen molar-refractivity contribution >= 4 is 0 Å². The van der Waals surface area contributed by atoms with Crippen molar-refractivity contribution in [3.05, 3.63) is 71.3 Å². The van der Waals surface area contributed by atoms with E-state index < -0.39 is 17.8 Å². The highest BCUT2D eigenvalue weighted by molar-refractivity contribution is 5.31. The van der Waals surface area contributed by atoms with Crippen LogP contribution in [-0.2, 0) is 12.0 Å². The summed E-state index contributed by atoms with van der Waals surface area (Å²) in [6, 6.07) is 8.20. The summed E-state index contributed by atoms with van der Waals surface area (Å²) in [4.78, 5) is 0. The zero-order chi connectivity index (χ0) is 21.4. The van der Waals surface area contributed by atoms with Gasteiger partial charge in [-0.1, -0.05) is 68.0 Å². The maximum atomic E-state index is 10.4. The van der Waals surface area contributed by atoms with Gasteiger partial charge in [0.05, 0.1) is 17.8 Å². The minimum absolute atomic E-state index is 0.533. The van der Waals surface area contributed by atoms with Crippen molar-refractivity contribution in [3.8, 4) is 0 Å². The van der Waals surface area contributed by atoms with Crippen molar-refractivity contribution in [2.24, 2.45) is 5.92 Å². The summed E-state index contributed by atoms with van der Waals surface area (Å²) in [6.07, 6.45) is 11.6. The molecule has 1 unspecified atom stereocenters. The van der Waals surface area contributed by atoms with Crippen molar-refractivity contribution in [2.45, 2.75) is 83.5 Å². The summed E-state index contributed by atoms with van der Waals surface area (Å²) >= 11 is 0. The Kier molecular flexibility index (Phi) is 8.88. The second-order valence-electron chi connectivity index (χ2n) is 9.06. The standard InChI is InChI=1S/C26H38O3/c1-19(15-16-22-13-9-10-14-23(22)26(3,4)29)11-7-5-6-8-12-21-17-24(27)20(2)25(28)18-21/h6,8-10,12-14,19,24-25,27-29H,2,5,7,11,15-18H2,1,3-4H3/t19?,24-,25+. The summed E-state index contributed by atoms with van der Waals surface area (Å²) in [7, 11) is 0. The number of benzene rings is 1. The minimum atomic E-state index is -0.795. The van der Waals surface area contributed by atoms with Gasteiger partial charge in [0, 0.05) is 0 Å². The minimum Gasteiger partial charge on any atom is -0.388 e. The summed E-state index contributed by atoms with van der Waals surface area (Å²) in [6.45, 7) is 9.74. The van der Waals surface area contributed by atoms with Crippen LogP contribution < -0.4 is 0 Å². The van der Waals surface area contributed by atoms with Gasteiger partial charge in [-0.25, -0.2) is 0 Å². The molecule has 3 N–H and O–H groups in total. The molecule has 0 amide bonds. The summed E-state index contributed by atoms with van der Waals surface area (Å²) in [5.74, 6) is 0.645. The van der Waals surface area contributed by atoms with Gasteiger partial charge in [-0.2, -0.15) is 0 Å². The lowest BCUT2D eigenvalue weighted by molar-refractivity contribution is 0.0775. The quantitative estimate of drug-likeness (QED) is 0.395. The van der Waals surface area contributed by atoms with Gasteiger partial charge in [0.25, 0.3) is 0 Å². The number of rotatable bonds is 9. The fourth-order valence-electron chi connectivity index (χ4n) is 3.97. The van der Waals surface area contributed by atoms with E-state index in [-0.39, 0.29) is 0 Å². The predicted octanol–water partition coefficient (Wildman–Crippen LogP) is 5.21. The molecule has 1 aliphatic carbocycles. The lowest BCUT2D eigenvalue weighted by atomic mass is 9.86. The highest BCUT2D eigenvalue weighted by Crippen LogP contribution is 2.28. The van der Waals surface area contributed by atoms with Crippen LogP contribution in [0.1, 0.15) is 70.4 Å². The van der Waals surface area contributed by atoms with Crippen LogP contribution in [0.2, 0.25) is 0 Å². The molecule has 1 aromatic carbocycles. The molecule has 1 saturated carbocycles. The lowest BCUT2D eigenvalue weighted by Gasteiger charge is -2.27. The Hall–Kier alpha value is -1.68. The van der Waals surface area contributed by atoms with E-state index in [0.717, 1.165) is 36.8 Å². The lowest BCUT2D eigenvalue weighted by Crippen LogP contribution is -2.27. The summed E-state index contributed by atoms with van der Waals surface area (Å²) < 4.78 is 0. The zero-order valence-electron chi connectivity index (χ0n) is 18.3. The fraction of sp³-hybridized carbons (Fsp3) is 0.538. The number of hydrogen-bond acceptors (Lipinski definition) is 3. The predicted molar refractivity (Wildman–Crippen MR) is 121 cm³/mol. The molecule has 3 nitrogen and oxygen atoms in total. The molecule has 29 heavy (non-hydrogen) atoms. The van der Waals surface area contributed by atoms with Crippen molar-refractivity contribution < 1.29 is 15.3 Å². The van der Waals surface area contributed by atoms with Gasteiger partial charge in [0.15, 0.2) is 0 Å².